The molecule has 1 aromatic carbocycles. The number of nitrogens with zero attached hydrogens (tertiary/aromatic N) is 1. The molecule has 0 saturated heterocycles. The van der Waals surface area contributed by atoms with E-state index in [1.807, 2.05) is 10.8 Å². The first-order valence-electron chi connectivity index (χ1n) is 8.90. The highest BCUT2D eigenvalue weighted by molar-refractivity contribution is 7.89. The summed E-state index contributed by atoms with van der Waals surface area (Å²) in [5.41, 5.74) is 0.739. The second-order valence-corrected chi connectivity index (χ2v) is 10.8. The van der Waals surface area contributed by atoms with Gasteiger partial charge in [0.1, 0.15) is 5.69 Å². The highest BCUT2D eigenvalue weighted by Crippen LogP contribution is 2.36. The Balaban J connectivity index is 2.09. The van der Waals surface area contributed by atoms with Crippen LogP contribution in [-0.2, 0) is 16.6 Å². The van der Waals surface area contributed by atoms with Gasteiger partial charge in [-0.1, -0.05) is 23.2 Å². The van der Waals surface area contributed by atoms with Crippen LogP contribution in [0.15, 0.2) is 53.5 Å². The van der Waals surface area contributed by atoms with Gasteiger partial charge in [-0.2, -0.15) is 0 Å². The predicted molar refractivity (Wildman–Crippen MR) is 124 cm³/mol. The van der Waals surface area contributed by atoms with E-state index in [1.165, 1.54) is 17.5 Å². The van der Waals surface area contributed by atoms with Crippen LogP contribution < -0.4 is 10.3 Å². The third-order valence-corrected chi connectivity index (χ3v) is 6.56. The lowest BCUT2D eigenvalue weighted by atomic mass is 10.0. The molecule has 0 aliphatic carbocycles. The van der Waals surface area contributed by atoms with E-state index >= 15 is 0 Å². The van der Waals surface area contributed by atoms with Crippen molar-refractivity contribution in [3.63, 3.8) is 0 Å². The lowest BCUT2D eigenvalue weighted by Gasteiger charge is -2.11. The number of H-pyrrole nitrogens is 1. The topological polar surface area (TPSA) is 101 Å². The smallest absolute Gasteiger partial charge is 0.282 e. The van der Waals surface area contributed by atoms with Crippen LogP contribution in [0.25, 0.3) is 22.0 Å². The van der Waals surface area contributed by atoms with E-state index in [0.29, 0.717) is 25.8 Å². The van der Waals surface area contributed by atoms with Crippen LogP contribution in [0.4, 0.5) is 0 Å². The monoisotopic (exact) mass is 495 g/mol. The number of aromatic amines is 1. The highest BCUT2D eigenvalue weighted by atomic mass is 35.5. The average molecular weight is 496 g/mol. The Bertz CT molecular complexity index is 1490. The molecule has 31 heavy (non-hydrogen) atoms. The number of carbonyl (C=O) groups excluding carboxylic acids is 1. The number of aromatic nitrogens is 2. The van der Waals surface area contributed by atoms with Gasteiger partial charge < -0.3 is 9.55 Å². The van der Waals surface area contributed by atoms with Crippen LogP contribution in [0.5, 0.6) is 0 Å². The van der Waals surface area contributed by atoms with Gasteiger partial charge in [0.2, 0.25) is 10.0 Å². The van der Waals surface area contributed by atoms with Crippen LogP contribution in [0, 0.1) is 0 Å². The van der Waals surface area contributed by atoms with Crippen LogP contribution in [0.3, 0.4) is 0 Å². The Morgan fingerprint density at radius 1 is 1.19 bits per heavy atom. The van der Waals surface area contributed by atoms with Gasteiger partial charge in [0.15, 0.2) is 0 Å². The van der Waals surface area contributed by atoms with Gasteiger partial charge in [-0.05, 0) is 42.5 Å². The first-order chi connectivity index (χ1) is 14.6. The van der Waals surface area contributed by atoms with Crippen molar-refractivity contribution >= 4 is 61.4 Å². The number of hydrogen-bond donors (Lipinski definition) is 2. The summed E-state index contributed by atoms with van der Waals surface area (Å²) in [5, 5.41) is 0.956. The lowest BCUT2D eigenvalue weighted by Crippen LogP contribution is -2.31. The van der Waals surface area contributed by atoms with E-state index in [4.69, 9.17) is 23.2 Å². The molecule has 0 radical (unpaired) electrons. The maximum absolute atomic E-state index is 13.2. The summed E-state index contributed by atoms with van der Waals surface area (Å²) in [6, 6.07) is 11.8. The number of fused-ring (bicyclic) bond motifs is 1. The molecule has 0 atom stereocenters. The number of benzene rings is 1. The molecule has 4 rings (SSSR count). The average Bonchev–Trinajstić information content (AvgIpc) is 3.22. The molecule has 1 amide bonds. The number of thiophene rings is 1. The summed E-state index contributed by atoms with van der Waals surface area (Å²) in [7, 11) is -3.86. The molecule has 0 spiro atoms. The molecule has 0 bridgehead atoms. The summed E-state index contributed by atoms with van der Waals surface area (Å²) < 4.78 is 27.9. The van der Waals surface area contributed by atoms with Gasteiger partial charge in [0.05, 0.1) is 17.1 Å². The Kier molecular flexibility index (Phi) is 5.69. The molecule has 3 heterocycles. The molecule has 11 heteroatoms. The van der Waals surface area contributed by atoms with Crippen LogP contribution in [0.2, 0.25) is 9.36 Å². The van der Waals surface area contributed by atoms with E-state index in [1.54, 1.807) is 41.0 Å². The largest absolute Gasteiger partial charge is 0.331 e. The fourth-order valence-electron chi connectivity index (χ4n) is 3.43. The minimum Gasteiger partial charge on any atom is -0.331 e. The maximum atomic E-state index is 13.2. The van der Waals surface area contributed by atoms with Crippen LogP contribution >= 0.6 is 34.5 Å². The van der Waals surface area contributed by atoms with Crippen molar-refractivity contribution in [2.75, 3.05) is 6.26 Å². The van der Waals surface area contributed by atoms with Gasteiger partial charge in [-0.15, -0.1) is 11.3 Å². The molecule has 2 N–H and O–H groups in total. The van der Waals surface area contributed by atoms with E-state index in [-0.39, 0.29) is 17.8 Å². The molecule has 0 unspecified atom stereocenters. The molecule has 0 aliphatic rings. The molecule has 3 aromatic heterocycles. The zero-order valence-corrected chi connectivity index (χ0v) is 19.1. The third-order valence-electron chi connectivity index (χ3n) is 4.55. The molecule has 0 saturated carbocycles. The van der Waals surface area contributed by atoms with Crippen molar-refractivity contribution in [1.29, 1.82) is 0 Å². The minimum atomic E-state index is -3.86. The number of amides is 1. The number of nitrogens with one attached hydrogen (secondary N) is 2. The minimum absolute atomic E-state index is 0.0314. The summed E-state index contributed by atoms with van der Waals surface area (Å²) in [6.45, 7) is 0.243. The second-order valence-electron chi connectivity index (χ2n) is 6.79. The predicted octanol–water partition coefficient (Wildman–Crippen LogP) is 4.10. The van der Waals surface area contributed by atoms with Crippen LogP contribution in [0.1, 0.15) is 15.4 Å². The zero-order chi connectivity index (χ0) is 22.3. The molecule has 0 fully saturated rings. The van der Waals surface area contributed by atoms with E-state index in [2.05, 4.69) is 4.98 Å². The van der Waals surface area contributed by atoms with Crippen molar-refractivity contribution in [3.8, 4) is 11.1 Å². The van der Waals surface area contributed by atoms with Gasteiger partial charge in [-0.3, -0.25) is 9.59 Å². The Morgan fingerprint density at radius 3 is 2.61 bits per heavy atom. The summed E-state index contributed by atoms with van der Waals surface area (Å²) in [5.74, 6) is -0.851. The summed E-state index contributed by atoms with van der Waals surface area (Å²) >= 11 is 13.6. The van der Waals surface area contributed by atoms with E-state index in [0.717, 1.165) is 11.1 Å². The molecule has 160 valence electrons. The van der Waals surface area contributed by atoms with Crippen LogP contribution in [-0.4, -0.2) is 30.1 Å². The van der Waals surface area contributed by atoms with Gasteiger partial charge in [-0.25, -0.2) is 13.1 Å². The second kappa shape index (κ2) is 8.16. The van der Waals surface area contributed by atoms with Gasteiger partial charge >= 0.3 is 0 Å². The number of pyridine rings is 1. The van der Waals surface area contributed by atoms with Crippen molar-refractivity contribution in [1.82, 2.24) is 14.3 Å². The van der Waals surface area contributed by atoms with E-state index < -0.39 is 21.5 Å². The molecule has 4 aromatic rings. The van der Waals surface area contributed by atoms with Gasteiger partial charge in [0.25, 0.3) is 11.5 Å². The van der Waals surface area contributed by atoms with E-state index in [9.17, 15) is 18.0 Å². The standard InChI is InChI=1S/C20H15Cl2N3O4S2/c1-31(28,29)24-20(27)18-17(13-3-2-8-23-19(13)26)14-9-11(21)4-6-15(14)25(18)10-12-5-7-16(22)30-12/h2-9H,10H2,1H3,(H,23,26)(H,24,27). The lowest BCUT2D eigenvalue weighted by molar-refractivity contribution is 0.0974. The normalized spacial score (nSPS) is 11.7. The number of halogens is 2. The SMILES string of the molecule is CS(=O)(=O)NC(=O)c1c(-c2ccc[nH]c2=O)c2cc(Cl)ccc2n1Cc1ccc(Cl)s1. The Labute approximate surface area is 191 Å². The molecule has 0 aliphatic heterocycles. The quantitative estimate of drug-likeness (QED) is 0.435. The summed E-state index contributed by atoms with van der Waals surface area (Å²) in [4.78, 5) is 29.2. The maximum Gasteiger partial charge on any atom is 0.282 e. The van der Waals surface area contributed by atoms with Crippen molar-refractivity contribution in [2.24, 2.45) is 0 Å². The first kappa shape index (κ1) is 21.6. The van der Waals surface area contributed by atoms with Crippen molar-refractivity contribution < 1.29 is 13.2 Å². The number of sulfonamides is 1. The Morgan fingerprint density at radius 2 is 1.97 bits per heavy atom. The number of hydrogen-bond acceptors (Lipinski definition) is 5. The number of carbonyl (C=O) groups is 1. The Hall–Kier alpha value is -2.59. The molecule has 7 nitrogen and oxygen atoms in total. The fraction of sp³-hybridized carbons (Fsp3) is 0.100. The zero-order valence-electron chi connectivity index (χ0n) is 16.0. The molecular weight excluding hydrogens is 481 g/mol. The highest BCUT2D eigenvalue weighted by Gasteiger charge is 2.27. The fourth-order valence-corrected chi connectivity index (χ4v) is 5.11. The van der Waals surface area contributed by atoms with Crippen molar-refractivity contribution in [2.45, 2.75) is 6.54 Å². The first-order valence-corrected chi connectivity index (χ1v) is 12.4. The molecular formula is C20H15Cl2N3O4S2. The van der Waals surface area contributed by atoms with Crippen molar-refractivity contribution in [3.05, 3.63) is 78.9 Å². The number of rotatable bonds is 5. The summed E-state index contributed by atoms with van der Waals surface area (Å²) in [6.07, 6.45) is 2.37. The van der Waals surface area contributed by atoms with Gasteiger partial charge in [0, 0.05) is 38.1 Å². The third kappa shape index (κ3) is 4.40.